The van der Waals surface area contributed by atoms with Crippen LogP contribution < -0.4 is 15.0 Å². The number of amides is 2. The van der Waals surface area contributed by atoms with Gasteiger partial charge in [0.15, 0.2) is 6.61 Å². The van der Waals surface area contributed by atoms with E-state index in [2.05, 4.69) is 38.0 Å². The van der Waals surface area contributed by atoms with Crippen molar-refractivity contribution in [3.63, 3.8) is 0 Å². The molecule has 4 rings (SSSR count). The molecule has 2 heterocycles. The average molecular weight is 450 g/mol. The van der Waals surface area contributed by atoms with Crippen LogP contribution in [0, 0.1) is 0 Å². The third-order valence-electron chi connectivity index (χ3n) is 5.57. The van der Waals surface area contributed by atoms with Crippen LogP contribution in [-0.4, -0.2) is 29.9 Å². The molecule has 2 aromatic carbocycles. The molecule has 0 saturated carbocycles. The number of para-hydroxylation sites is 1. The molecule has 0 aliphatic carbocycles. The predicted octanol–water partition coefficient (Wildman–Crippen LogP) is 5.42. The van der Waals surface area contributed by atoms with E-state index in [0.29, 0.717) is 11.4 Å². The highest BCUT2D eigenvalue weighted by Crippen LogP contribution is 2.36. The van der Waals surface area contributed by atoms with Gasteiger partial charge < -0.3 is 10.1 Å². The van der Waals surface area contributed by atoms with Crippen LogP contribution in [0.4, 0.5) is 11.4 Å². The summed E-state index contributed by atoms with van der Waals surface area (Å²) in [5, 5.41) is 5.04. The molecule has 0 atom stereocenters. The summed E-state index contributed by atoms with van der Waals surface area (Å²) in [4.78, 5) is 31.7. The zero-order chi connectivity index (χ0) is 22.8. The minimum absolute atomic E-state index is 0.0837. The topological polar surface area (TPSA) is 71.5 Å². The number of thiazole rings is 1. The lowest BCUT2D eigenvalue weighted by atomic mass is 9.92. The Morgan fingerprint density at radius 1 is 1.16 bits per heavy atom. The first-order valence-corrected chi connectivity index (χ1v) is 11.7. The molecule has 1 aliphatic heterocycles. The summed E-state index contributed by atoms with van der Waals surface area (Å²) in [5.41, 5.74) is 7.07. The Bertz CT molecular complexity index is 1110. The maximum Gasteiger partial charge on any atom is 0.265 e. The first-order valence-electron chi connectivity index (χ1n) is 10.7. The van der Waals surface area contributed by atoms with Crippen LogP contribution in [-0.2, 0) is 9.59 Å². The SMILES string of the molecule is CC(C)c1cccc(C(C)C)c1NC(=O)CN1C(=O)COc2ccc(-c3cscn3)cc21. The number of hydrogen-bond donors (Lipinski definition) is 1. The van der Waals surface area contributed by atoms with Gasteiger partial charge in [-0.25, -0.2) is 4.98 Å². The van der Waals surface area contributed by atoms with E-state index in [-0.39, 0.29) is 36.8 Å². The van der Waals surface area contributed by atoms with Crippen LogP contribution in [0.5, 0.6) is 5.75 Å². The van der Waals surface area contributed by atoms with Gasteiger partial charge in [0.05, 0.1) is 16.9 Å². The van der Waals surface area contributed by atoms with Crippen molar-refractivity contribution in [2.45, 2.75) is 39.5 Å². The monoisotopic (exact) mass is 449 g/mol. The lowest BCUT2D eigenvalue weighted by molar-refractivity contribution is -0.123. The molecular weight excluding hydrogens is 422 g/mol. The predicted molar refractivity (Wildman–Crippen MR) is 129 cm³/mol. The quantitative estimate of drug-likeness (QED) is 0.545. The summed E-state index contributed by atoms with van der Waals surface area (Å²) >= 11 is 1.51. The van der Waals surface area contributed by atoms with Gasteiger partial charge >= 0.3 is 0 Å². The highest BCUT2D eigenvalue weighted by atomic mass is 32.1. The standard InChI is InChI=1S/C25H27N3O3S/c1-15(2)18-6-5-7-19(16(3)4)25(18)27-23(29)11-28-21-10-17(20-13-32-14-26-20)8-9-22(21)31-12-24(28)30/h5-10,13-16H,11-12H2,1-4H3,(H,27,29). The van der Waals surface area contributed by atoms with Gasteiger partial charge in [-0.1, -0.05) is 45.9 Å². The first-order chi connectivity index (χ1) is 15.3. The van der Waals surface area contributed by atoms with Crippen LogP contribution in [0.25, 0.3) is 11.3 Å². The largest absolute Gasteiger partial charge is 0.482 e. The summed E-state index contributed by atoms with van der Waals surface area (Å²) in [5.74, 6) is 0.622. The number of benzene rings is 2. The van der Waals surface area contributed by atoms with Crippen molar-refractivity contribution in [1.82, 2.24) is 4.98 Å². The molecular formula is C25H27N3O3S. The third-order valence-corrected chi connectivity index (χ3v) is 6.16. The van der Waals surface area contributed by atoms with Gasteiger partial charge in [-0.05, 0) is 41.2 Å². The Kier molecular flexibility index (Phi) is 6.28. The molecule has 0 spiro atoms. The Labute approximate surface area is 192 Å². The van der Waals surface area contributed by atoms with Gasteiger partial charge in [0.25, 0.3) is 5.91 Å². The summed E-state index contributed by atoms with van der Waals surface area (Å²) in [7, 11) is 0. The van der Waals surface area contributed by atoms with Crippen molar-refractivity contribution in [2.24, 2.45) is 0 Å². The number of carbonyl (C=O) groups is 2. The Morgan fingerprint density at radius 2 is 1.88 bits per heavy atom. The molecule has 1 N–H and O–H groups in total. The third kappa shape index (κ3) is 4.39. The van der Waals surface area contributed by atoms with Crippen molar-refractivity contribution >= 4 is 34.5 Å². The minimum atomic E-state index is -0.246. The molecule has 166 valence electrons. The molecule has 1 aliphatic rings. The first kappa shape index (κ1) is 22.0. The maximum absolute atomic E-state index is 13.1. The Morgan fingerprint density at radius 3 is 2.50 bits per heavy atom. The van der Waals surface area contributed by atoms with Crippen LogP contribution in [0.3, 0.4) is 0 Å². The number of hydrogen-bond acceptors (Lipinski definition) is 5. The second kappa shape index (κ2) is 9.12. The molecule has 0 bridgehead atoms. The zero-order valence-electron chi connectivity index (χ0n) is 18.7. The van der Waals surface area contributed by atoms with E-state index < -0.39 is 0 Å². The summed E-state index contributed by atoms with van der Waals surface area (Å²) in [6, 6.07) is 11.7. The smallest absolute Gasteiger partial charge is 0.265 e. The fraction of sp³-hybridized carbons (Fsp3) is 0.320. The van der Waals surface area contributed by atoms with E-state index in [1.165, 1.54) is 16.2 Å². The van der Waals surface area contributed by atoms with E-state index in [1.54, 1.807) is 5.51 Å². The number of nitrogens with zero attached hydrogens (tertiary/aromatic N) is 2. The zero-order valence-corrected chi connectivity index (χ0v) is 19.5. The Hall–Kier alpha value is -3.19. The number of carbonyl (C=O) groups excluding carboxylic acids is 2. The molecule has 1 aromatic heterocycles. The van der Waals surface area contributed by atoms with Crippen molar-refractivity contribution in [2.75, 3.05) is 23.4 Å². The number of ether oxygens (including phenoxy) is 1. The van der Waals surface area contributed by atoms with Crippen molar-refractivity contribution in [3.8, 4) is 17.0 Å². The minimum Gasteiger partial charge on any atom is -0.482 e. The van der Waals surface area contributed by atoms with Crippen LogP contribution in [0.2, 0.25) is 0 Å². The van der Waals surface area contributed by atoms with Gasteiger partial charge in [0.1, 0.15) is 12.3 Å². The van der Waals surface area contributed by atoms with Crippen molar-refractivity contribution < 1.29 is 14.3 Å². The molecule has 2 amide bonds. The second-order valence-corrected chi connectivity index (χ2v) is 9.21. The molecule has 7 heteroatoms. The lowest BCUT2D eigenvalue weighted by Gasteiger charge is -2.29. The van der Waals surface area contributed by atoms with E-state index in [9.17, 15) is 9.59 Å². The number of anilines is 2. The average Bonchev–Trinajstić information content (AvgIpc) is 3.30. The molecule has 0 saturated heterocycles. The van der Waals surface area contributed by atoms with Crippen LogP contribution in [0.1, 0.15) is 50.7 Å². The summed E-state index contributed by atoms with van der Waals surface area (Å²) in [6.45, 7) is 8.26. The van der Waals surface area contributed by atoms with E-state index in [0.717, 1.165) is 28.1 Å². The van der Waals surface area contributed by atoms with Crippen LogP contribution in [0.15, 0.2) is 47.3 Å². The number of aromatic nitrogens is 1. The summed E-state index contributed by atoms with van der Waals surface area (Å²) < 4.78 is 5.60. The lowest BCUT2D eigenvalue weighted by Crippen LogP contribution is -2.43. The van der Waals surface area contributed by atoms with Gasteiger partial charge in [0.2, 0.25) is 5.91 Å². The van der Waals surface area contributed by atoms with Gasteiger partial charge in [0, 0.05) is 16.6 Å². The number of rotatable bonds is 6. The molecule has 0 fully saturated rings. The van der Waals surface area contributed by atoms with E-state index >= 15 is 0 Å². The second-order valence-electron chi connectivity index (χ2n) is 8.49. The normalized spacial score (nSPS) is 13.3. The molecule has 0 unspecified atom stereocenters. The number of nitrogens with one attached hydrogen (secondary N) is 1. The van der Waals surface area contributed by atoms with Crippen molar-refractivity contribution in [3.05, 3.63) is 58.4 Å². The van der Waals surface area contributed by atoms with Gasteiger partial charge in [-0.15, -0.1) is 11.3 Å². The maximum atomic E-state index is 13.1. The highest BCUT2D eigenvalue weighted by molar-refractivity contribution is 7.07. The van der Waals surface area contributed by atoms with Gasteiger partial charge in [-0.3, -0.25) is 14.5 Å². The van der Waals surface area contributed by atoms with Gasteiger partial charge in [-0.2, -0.15) is 0 Å². The van der Waals surface area contributed by atoms with E-state index in [4.69, 9.17) is 4.74 Å². The molecule has 32 heavy (non-hydrogen) atoms. The Balaban J connectivity index is 1.63. The fourth-order valence-corrected chi connectivity index (χ4v) is 4.47. The van der Waals surface area contributed by atoms with Crippen LogP contribution >= 0.6 is 11.3 Å². The van der Waals surface area contributed by atoms with Crippen molar-refractivity contribution in [1.29, 1.82) is 0 Å². The number of fused-ring (bicyclic) bond motifs is 1. The molecule has 6 nitrogen and oxygen atoms in total. The van der Waals surface area contributed by atoms with E-state index in [1.807, 2.05) is 41.8 Å². The summed E-state index contributed by atoms with van der Waals surface area (Å²) in [6.07, 6.45) is 0. The highest BCUT2D eigenvalue weighted by Gasteiger charge is 2.28. The fourth-order valence-electron chi connectivity index (χ4n) is 3.91. The molecule has 3 aromatic rings. The molecule has 0 radical (unpaired) electrons.